The lowest BCUT2D eigenvalue weighted by atomic mass is 9.69. The molecule has 1 aromatic carbocycles. The Morgan fingerprint density at radius 3 is 2.47 bits per heavy atom. The van der Waals surface area contributed by atoms with Crippen molar-refractivity contribution in [3.05, 3.63) is 42.0 Å². The number of piperazine rings is 1. The molecule has 1 aliphatic carbocycles. The standard InChI is InChI=1S/C24H30F3N3O2/c25-24(26,27)19-6-3-8-20(15-19)30-13-11-29(12-14-30)10-2-1-5-18-7-4-9-23(18)16-21(31)28-22(32)17-23/h1-3,6,8,15,18H,4-5,7,9-14,16-17H2,(H,28,31,32)/b2-1+. The van der Waals surface area contributed by atoms with Crippen LogP contribution >= 0.6 is 0 Å². The molecule has 0 bridgehead atoms. The molecule has 8 heteroatoms. The van der Waals surface area contributed by atoms with Crippen molar-refractivity contribution in [3.8, 4) is 0 Å². The molecule has 5 nitrogen and oxygen atoms in total. The number of anilines is 1. The SMILES string of the molecule is O=C1CC2(CCCC2C/C=C/CN2CCN(c3cccc(C(F)(F)F)c3)CC2)CC(=O)N1. The van der Waals surface area contributed by atoms with Crippen molar-refractivity contribution in [1.29, 1.82) is 0 Å². The van der Waals surface area contributed by atoms with Crippen LogP contribution in [0.15, 0.2) is 36.4 Å². The Balaban J connectivity index is 1.25. The lowest BCUT2D eigenvalue weighted by Crippen LogP contribution is -2.46. The van der Waals surface area contributed by atoms with Gasteiger partial charge >= 0.3 is 6.18 Å². The molecule has 1 aromatic rings. The average molecular weight is 450 g/mol. The first-order valence-electron chi connectivity index (χ1n) is 11.4. The summed E-state index contributed by atoms with van der Waals surface area (Å²) in [6.45, 7) is 3.77. The number of imide groups is 1. The highest BCUT2D eigenvalue weighted by atomic mass is 19.4. The number of halogens is 3. The van der Waals surface area contributed by atoms with Crippen LogP contribution in [0.4, 0.5) is 18.9 Å². The number of amides is 2. The largest absolute Gasteiger partial charge is 0.416 e. The number of carbonyl (C=O) groups is 2. The van der Waals surface area contributed by atoms with Crippen molar-refractivity contribution in [2.24, 2.45) is 11.3 Å². The number of benzene rings is 1. The molecule has 2 heterocycles. The van der Waals surface area contributed by atoms with Gasteiger partial charge in [0.15, 0.2) is 0 Å². The van der Waals surface area contributed by atoms with Gasteiger partial charge in [-0.2, -0.15) is 13.2 Å². The molecular formula is C24H30F3N3O2. The number of allylic oxidation sites excluding steroid dienone is 1. The fourth-order valence-corrected chi connectivity index (χ4v) is 5.54. The smallest absolute Gasteiger partial charge is 0.369 e. The van der Waals surface area contributed by atoms with E-state index in [1.165, 1.54) is 12.1 Å². The summed E-state index contributed by atoms with van der Waals surface area (Å²) in [5, 5.41) is 2.42. The van der Waals surface area contributed by atoms with E-state index in [0.29, 0.717) is 37.5 Å². The van der Waals surface area contributed by atoms with E-state index in [-0.39, 0.29) is 17.2 Å². The van der Waals surface area contributed by atoms with E-state index < -0.39 is 11.7 Å². The Hall–Kier alpha value is -2.35. The molecule has 1 spiro atoms. The number of carbonyl (C=O) groups excluding carboxylic acids is 2. The predicted octanol–water partition coefficient (Wildman–Crippen LogP) is 4.00. The molecule has 1 unspecified atom stereocenters. The monoisotopic (exact) mass is 449 g/mol. The van der Waals surface area contributed by atoms with Gasteiger partial charge < -0.3 is 4.90 Å². The summed E-state index contributed by atoms with van der Waals surface area (Å²) >= 11 is 0. The van der Waals surface area contributed by atoms with E-state index in [1.54, 1.807) is 6.07 Å². The summed E-state index contributed by atoms with van der Waals surface area (Å²) in [6, 6.07) is 5.53. The number of hydrogen-bond donors (Lipinski definition) is 1. The van der Waals surface area contributed by atoms with Crippen LogP contribution in [-0.4, -0.2) is 49.4 Å². The zero-order chi connectivity index (χ0) is 22.8. The first kappa shape index (κ1) is 22.8. The Bertz CT molecular complexity index is 859. The number of piperidine rings is 1. The second-order valence-electron chi connectivity index (χ2n) is 9.32. The maximum Gasteiger partial charge on any atom is 0.416 e. The number of nitrogens with zero attached hydrogens (tertiary/aromatic N) is 2. The molecular weight excluding hydrogens is 419 g/mol. The second kappa shape index (κ2) is 9.25. The predicted molar refractivity (Wildman–Crippen MR) is 116 cm³/mol. The van der Waals surface area contributed by atoms with E-state index in [9.17, 15) is 22.8 Å². The highest BCUT2D eigenvalue weighted by molar-refractivity contribution is 5.98. The van der Waals surface area contributed by atoms with Gasteiger partial charge in [-0.3, -0.25) is 19.8 Å². The molecule has 3 aliphatic rings. The van der Waals surface area contributed by atoms with Crippen molar-refractivity contribution in [1.82, 2.24) is 10.2 Å². The summed E-state index contributed by atoms with van der Waals surface area (Å²) in [6.07, 6.45) is 4.85. The molecule has 1 saturated carbocycles. The van der Waals surface area contributed by atoms with E-state index >= 15 is 0 Å². The van der Waals surface area contributed by atoms with Gasteiger partial charge in [-0.05, 0) is 48.8 Å². The fraction of sp³-hybridized carbons (Fsp3) is 0.583. The van der Waals surface area contributed by atoms with Crippen LogP contribution in [0.1, 0.15) is 44.1 Å². The minimum atomic E-state index is -4.32. The maximum atomic E-state index is 13.0. The van der Waals surface area contributed by atoms with E-state index in [0.717, 1.165) is 51.4 Å². The van der Waals surface area contributed by atoms with Gasteiger partial charge in [0.1, 0.15) is 0 Å². The Labute approximate surface area is 186 Å². The zero-order valence-electron chi connectivity index (χ0n) is 18.2. The minimum Gasteiger partial charge on any atom is -0.369 e. The first-order chi connectivity index (χ1) is 15.2. The molecule has 3 fully saturated rings. The minimum absolute atomic E-state index is 0.143. The van der Waals surface area contributed by atoms with Crippen molar-refractivity contribution in [3.63, 3.8) is 0 Å². The summed E-state index contributed by atoms with van der Waals surface area (Å²) in [7, 11) is 0. The van der Waals surface area contributed by atoms with Gasteiger partial charge in [0, 0.05) is 51.3 Å². The van der Waals surface area contributed by atoms with Crippen LogP contribution in [0.25, 0.3) is 0 Å². The molecule has 174 valence electrons. The molecule has 0 radical (unpaired) electrons. The van der Waals surface area contributed by atoms with Crippen LogP contribution in [0, 0.1) is 11.3 Å². The van der Waals surface area contributed by atoms with Crippen molar-refractivity contribution in [2.45, 2.75) is 44.7 Å². The number of alkyl halides is 3. The number of hydrogen-bond acceptors (Lipinski definition) is 4. The van der Waals surface area contributed by atoms with Gasteiger partial charge in [-0.1, -0.05) is 24.6 Å². The molecule has 1 N–H and O–H groups in total. The maximum absolute atomic E-state index is 13.0. The third kappa shape index (κ3) is 5.17. The molecule has 2 saturated heterocycles. The van der Waals surface area contributed by atoms with Gasteiger partial charge in [-0.15, -0.1) is 0 Å². The zero-order valence-corrected chi connectivity index (χ0v) is 18.2. The van der Waals surface area contributed by atoms with Crippen LogP contribution in [0.5, 0.6) is 0 Å². The van der Waals surface area contributed by atoms with Gasteiger partial charge in [0.25, 0.3) is 0 Å². The van der Waals surface area contributed by atoms with Crippen molar-refractivity contribution >= 4 is 17.5 Å². The highest BCUT2D eigenvalue weighted by Gasteiger charge is 2.47. The third-order valence-electron chi connectivity index (χ3n) is 7.26. The Morgan fingerprint density at radius 1 is 1.06 bits per heavy atom. The van der Waals surface area contributed by atoms with Crippen LogP contribution in [-0.2, 0) is 15.8 Å². The first-order valence-corrected chi connectivity index (χ1v) is 11.4. The molecule has 2 aliphatic heterocycles. The molecule has 0 aromatic heterocycles. The average Bonchev–Trinajstić information content (AvgIpc) is 3.11. The van der Waals surface area contributed by atoms with E-state index in [1.807, 2.05) is 4.90 Å². The third-order valence-corrected chi connectivity index (χ3v) is 7.26. The summed E-state index contributed by atoms with van der Waals surface area (Å²) in [5.41, 5.74) is -0.157. The molecule has 4 rings (SSSR count). The quantitative estimate of drug-likeness (QED) is 0.546. The van der Waals surface area contributed by atoms with E-state index in [2.05, 4.69) is 22.4 Å². The lowest BCUT2D eigenvalue weighted by molar-refractivity contribution is -0.139. The van der Waals surface area contributed by atoms with Gasteiger partial charge in [-0.25, -0.2) is 0 Å². The summed E-state index contributed by atoms with van der Waals surface area (Å²) in [4.78, 5) is 28.1. The summed E-state index contributed by atoms with van der Waals surface area (Å²) < 4.78 is 38.9. The van der Waals surface area contributed by atoms with Crippen LogP contribution in [0.3, 0.4) is 0 Å². The second-order valence-corrected chi connectivity index (χ2v) is 9.32. The number of nitrogens with one attached hydrogen (secondary N) is 1. The molecule has 32 heavy (non-hydrogen) atoms. The van der Waals surface area contributed by atoms with Gasteiger partial charge in [0.05, 0.1) is 5.56 Å². The summed E-state index contributed by atoms with van der Waals surface area (Å²) in [5.74, 6) is 0.0815. The number of rotatable bonds is 5. The van der Waals surface area contributed by atoms with Crippen molar-refractivity contribution < 1.29 is 22.8 Å². The fourth-order valence-electron chi connectivity index (χ4n) is 5.54. The van der Waals surface area contributed by atoms with Crippen LogP contribution in [0.2, 0.25) is 0 Å². The highest BCUT2D eigenvalue weighted by Crippen LogP contribution is 2.51. The van der Waals surface area contributed by atoms with Crippen LogP contribution < -0.4 is 10.2 Å². The van der Waals surface area contributed by atoms with Gasteiger partial charge in [0.2, 0.25) is 11.8 Å². The topological polar surface area (TPSA) is 52.7 Å². The molecule has 1 atom stereocenters. The van der Waals surface area contributed by atoms with Crippen molar-refractivity contribution in [2.75, 3.05) is 37.6 Å². The Morgan fingerprint density at radius 2 is 1.78 bits per heavy atom. The Kier molecular flexibility index (Phi) is 6.60. The molecule has 2 amide bonds. The van der Waals surface area contributed by atoms with E-state index in [4.69, 9.17) is 0 Å². The normalized spacial score (nSPS) is 24.5. The lowest BCUT2D eigenvalue weighted by Gasteiger charge is -2.37.